The molecule has 0 fully saturated rings. The fraction of sp³-hybridized carbons (Fsp3) is 0.417. The molecule has 0 aliphatic rings. The van der Waals surface area contributed by atoms with Gasteiger partial charge in [0.1, 0.15) is 6.10 Å². The van der Waals surface area contributed by atoms with Gasteiger partial charge in [-0.05, 0) is 19.3 Å². The van der Waals surface area contributed by atoms with Crippen molar-refractivity contribution in [1.82, 2.24) is 0 Å². The van der Waals surface area contributed by atoms with Crippen LogP contribution >= 0.6 is 0 Å². The molecular weight excluding hydrogens is 176 g/mol. The molecule has 0 N–H and O–H groups in total. The van der Waals surface area contributed by atoms with E-state index in [1.165, 1.54) is 6.08 Å². The fourth-order valence-corrected chi connectivity index (χ4v) is 1.02. The highest BCUT2D eigenvalue weighted by atomic mass is 16.5. The maximum atomic E-state index is 11.1. The third-order valence-corrected chi connectivity index (χ3v) is 1.75. The Balaban J connectivity index is 3.77. The van der Waals surface area contributed by atoms with Gasteiger partial charge >= 0.3 is 5.97 Å². The van der Waals surface area contributed by atoms with Crippen LogP contribution in [-0.2, 0) is 9.53 Å². The van der Waals surface area contributed by atoms with Crippen LogP contribution < -0.4 is 0 Å². The zero-order valence-electron chi connectivity index (χ0n) is 8.58. The minimum Gasteiger partial charge on any atom is -0.458 e. The largest absolute Gasteiger partial charge is 0.458 e. The van der Waals surface area contributed by atoms with E-state index in [-0.39, 0.29) is 18.5 Å². The van der Waals surface area contributed by atoms with E-state index in [0.29, 0.717) is 0 Å². The lowest BCUT2D eigenvalue weighted by Gasteiger charge is -2.12. The van der Waals surface area contributed by atoms with Crippen molar-refractivity contribution in [3.63, 3.8) is 0 Å². The number of carbonyl (C=O) groups is 1. The number of rotatable bonds is 8. The average molecular weight is 194 g/mol. The highest BCUT2D eigenvalue weighted by Gasteiger charge is 2.08. The van der Waals surface area contributed by atoms with Gasteiger partial charge in [-0.3, -0.25) is 4.79 Å². The molecule has 0 radical (unpaired) electrons. The average Bonchev–Trinajstić information content (AvgIpc) is 2.17. The molecule has 78 valence electrons. The topological polar surface area (TPSA) is 26.3 Å². The molecule has 0 aliphatic carbocycles. The Hall–Kier alpha value is -1.31. The molecule has 0 saturated heterocycles. The van der Waals surface area contributed by atoms with Crippen LogP contribution in [0.15, 0.2) is 38.0 Å². The minimum atomic E-state index is -0.247. The van der Waals surface area contributed by atoms with Gasteiger partial charge in [0.05, 0.1) is 6.42 Å². The molecule has 0 bridgehead atoms. The van der Waals surface area contributed by atoms with E-state index < -0.39 is 0 Å². The molecule has 14 heavy (non-hydrogen) atoms. The van der Waals surface area contributed by atoms with Crippen molar-refractivity contribution in [3.8, 4) is 0 Å². The van der Waals surface area contributed by atoms with Crippen molar-refractivity contribution >= 4 is 5.97 Å². The second-order valence-corrected chi connectivity index (χ2v) is 2.98. The Labute approximate surface area is 86.0 Å². The first-order valence-electron chi connectivity index (χ1n) is 4.78. The quantitative estimate of drug-likeness (QED) is 0.337. The van der Waals surface area contributed by atoms with Crippen LogP contribution in [0.3, 0.4) is 0 Å². The van der Waals surface area contributed by atoms with Crippen molar-refractivity contribution in [3.05, 3.63) is 38.0 Å². The Kier molecular flexibility index (Phi) is 7.52. The Morgan fingerprint density at radius 1 is 1.29 bits per heavy atom. The summed E-state index contributed by atoms with van der Waals surface area (Å²) in [6.07, 6.45) is 7.82. The molecule has 0 rings (SSSR count). The second-order valence-electron chi connectivity index (χ2n) is 2.98. The predicted molar refractivity (Wildman–Crippen MR) is 58.9 cm³/mol. The van der Waals surface area contributed by atoms with E-state index >= 15 is 0 Å². The first-order valence-corrected chi connectivity index (χ1v) is 4.78. The van der Waals surface area contributed by atoms with Crippen molar-refractivity contribution in [2.75, 3.05) is 0 Å². The summed E-state index contributed by atoms with van der Waals surface area (Å²) in [7, 11) is 0. The van der Waals surface area contributed by atoms with E-state index in [2.05, 4.69) is 19.7 Å². The van der Waals surface area contributed by atoms with Crippen LogP contribution in [0.25, 0.3) is 0 Å². The standard InChI is InChI=1S/C12H18O2/c1-4-7-8-10-11(6-3)14-12(13)9-5-2/h4-6,11H,1-3,7-10H2. The van der Waals surface area contributed by atoms with Crippen LogP contribution in [0.4, 0.5) is 0 Å². The summed E-state index contributed by atoms with van der Waals surface area (Å²) in [5, 5.41) is 0. The molecule has 0 aromatic heterocycles. The third-order valence-electron chi connectivity index (χ3n) is 1.75. The first-order chi connectivity index (χ1) is 6.74. The number of unbranched alkanes of at least 4 members (excludes halogenated alkanes) is 1. The number of hydrogen-bond donors (Lipinski definition) is 0. The van der Waals surface area contributed by atoms with Gasteiger partial charge in [0.15, 0.2) is 0 Å². The molecule has 2 heteroatoms. The van der Waals surface area contributed by atoms with Crippen molar-refractivity contribution < 1.29 is 9.53 Å². The monoisotopic (exact) mass is 194 g/mol. The molecule has 0 aliphatic heterocycles. The van der Waals surface area contributed by atoms with Crippen LogP contribution in [0.5, 0.6) is 0 Å². The molecule has 1 atom stereocenters. The highest BCUT2D eigenvalue weighted by Crippen LogP contribution is 2.07. The smallest absolute Gasteiger partial charge is 0.310 e. The number of esters is 1. The van der Waals surface area contributed by atoms with Gasteiger partial charge in [-0.2, -0.15) is 0 Å². The fourth-order valence-electron chi connectivity index (χ4n) is 1.02. The Morgan fingerprint density at radius 3 is 2.50 bits per heavy atom. The van der Waals surface area contributed by atoms with Crippen molar-refractivity contribution in [2.24, 2.45) is 0 Å². The summed E-state index contributed by atoms with van der Waals surface area (Å²) in [5.41, 5.74) is 0. The maximum absolute atomic E-state index is 11.1. The summed E-state index contributed by atoms with van der Waals surface area (Å²) < 4.78 is 5.12. The van der Waals surface area contributed by atoms with Crippen molar-refractivity contribution in [2.45, 2.75) is 31.8 Å². The summed E-state index contributed by atoms with van der Waals surface area (Å²) in [4.78, 5) is 11.1. The zero-order chi connectivity index (χ0) is 10.8. The Bertz CT molecular complexity index is 206. The molecule has 0 spiro atoms. The van der Waals surface area contributed by atoms with Gasteiger partial charge in [-0.25, -0.2) is 0 Å². The summed E-state index contributed by atoms with van der Waals surface area (Å²) in [6.45, 7) is 10.7. The van der Waals surface area contributed by atoms with Gasteiger partial charge < -0.3 is 4.74 Å². The molecule has 0 aromatic carbocycles. The molecule has 0 aromatic rings. The molecule has 2 nitrogen and oxygen atoms in total. The molecule has 0 heterocycles. The lowest BCUT2D eigenvalue weighted by molar-refractivity contribution is -0.146. The van der Waals surface area contributed by atoms with Gasteiger partial charge in [-0.1, -0.05) is 24.8 Å². The normalized spacial score (nSPS) is 11.4. The molecule has 0 amide bonds. The molecule has 0 saturated carbocycles. The van der Waals surface area contributed by atoms with E-state index in [1.54, 1.807) is 6.08 Å². The van der Waals surface area contributed by atoms with Gasteiger partial charge in [-0.15, -0.1) is 13.2 Å². The zero-order valence-corrected chi connectivity index (χ0v) is 8.58. The van der Waals surface area contributed by atoms with E-state index in [4.69, 9.17) is 4.74 Å². The summed E-state index contributed by atoms with van der Waals surface area (Å²) >= 11 is 0. The minimum absolute atomic E-state index is 0.178. The van der Waals surface area contributed by atoms with E-state index in [1.807, 2.05) is 6.08 Å². The van der Waals surface area contributed by atoms with Crippen molar-refractivity contribution in [1.29, 1.82) is 0 Å². The second kappa shape index (κ2) is 8.30. The molecular formula is C12H18O2. The van der Waals surface area contributed by atoms with Gasteiger partial charge in [0, 0.05) is 0 Å². The summed E-state index contributed by atoms with van der Waals surface area (Å²) in [6, 6.07) is 0. The third kappa shape index (κ3) is 6.23. The van der Waals surface area contributed by atoms with Gasteiger partial charge in [0.2, 0.25) is 0 Å². The Morgan fingerprint density at radius 2 is 2.00 bits per heavy atom. The SMILES string of the molecule is C=CCCCC(C=C)OC(=O)CC=C. The van der Waals surface area contributed by atoms with Crippen LogP contribution in [0.1, 0.15) is 25.7 Å². The molecule has 1 unspecified atom stereocenters. The maximum Gasteiger partial charge on any atom is 0.310 e. The summed E-state index contributed by atoms with van der Waals surface area (Å²) in [5.74, 6) is -0.247. The van der Waals surface area contributed by atoms with Crippen LogP contribution in [0, 0.1) is 0 Å². The number of ether oxygens (including phenoxy) is 1. The lowest BCUT2D eigenvalue weighted by Crippen LogP contribution is -2.15. The van der Waals surface area contributed by atoms with E-state index in [0.717, 1.165) is 19.3 Å². The van der Waals surface area contributed by atoms with Crippen LogP contribution in [-0.4, -0.2) is 12.1 Å². The number of carbonyl (C=O) groups excluding carboxylic acids is 1. The lowest BCUT2D eigenvalue weighted by atomic mass is 10.1. The number of hydrogen-bond acceptors (Lipinski definition) is 2. The van der Waals surface area contributed by atoms with E-state index in [9.17, 15) is 4.79 Å². The van der Waals surface area contributed by atoms with Gasteiger partial charge in [0.25, 0.3) is 0 Å². The first kappa shape index (κ1) is 12.7. The number of allylic oxidation sites excluding steroid dienone is 1. The predicted octanol–water partition coefficient (Wildman–Crippen LogP) is 3.02. The highest BCUT2D eigenvalue weighted by molar-refractivity contribution is 5.71. The van der Waals surface area contributed by atoms with Crippen LogP contribution in [0.2, 0.25) is 0 Å².